The SMILES string of the molecule is CCCC(C)(NCC)C(F)(F)F. The summed E-state index contributed by atoms with van der Waals surface area (Å²) in [5.74, 6) is 0. The van der Waals surface area contributed by atoms with E-state index in [1.807, 2.05) is 0 Å². The van der Waals surface area contributed by atoms with Crippen LogP contribution in [-0.2, 0) is 0 Å². The van der Waals surface area contributed by atoms with Gasteiger partial charge in [-0.2, -0.15) is 13.2 Å². The Morgan fingerprint density at radius 3 is 1.92 bits per heavy atom. The number of nitrogens with one attached hydrogen (secondary N) is 1. The minimum atomic E-state index is -4.15. The first-order valence-corrected chi connectivity index (χ1v) is 4.19. The van der Waals surface area contributed by atoms with E-state index < -0.39 is 11.7 Å². The van der Waals surface area contributed by atoms with Crippen LogP contribution in [0.25, 0.3) is 0 Å². The molecule has 0 fully saturated rings. The number of rotatable bonds is 4. The van der Waals surface area contributed by atoms with Crippen molar-refractivity contribution < 1.29 is 13.2 Å². The lowest BCUT2D eigenvalue weighted by Gasteiger charge is -2.32. The molecule has 74 valence electrons. The van der Waals surface area contributed by atoms with E-state index in [9.17, 15) is 13.2 Å². The molecule has 1 N–H and O–H groups in total. The third kappa shape index (κ3) is 2.66. The first-order valence-electron chi connectivity index (χ1n) is 4.19. The van der Waals surface area contributed by atoms with Gasteiger partial charge in [-0.3, -0.25) is 0 Å². The highest BCUT2D eigenvalue weighted by Gasteiger charge is 2.49. The molecule has 0 amide bonds. The molecular formula is C8H16F3N. The maximum absolute atomic E-state index is 12.4. The van der Waals surface area contributed by atoms with E-state index in [1.165, 1.54) is 6.92 Å². The number of alkyl halides is 3. The van der Waals surface area contributed by atoms with Crippen LogP contribution in [0.2, 0.25) is 0 Å². The smallest absolute Gasteiger partial charge is 0.304 e. The van der Waals surface area contributed by atoms with Gasteiger partial charge in [-0.05, 0) is 19.9 Å². The largest absolute Gasteiger partial charge is 0.406 e. The van der Waals surface area contributed by atoms with E-state index in [2.05, 4.69) is 5.32 Å². The Bertz CT molecular complexity index is 125. The minimum absolute atomic E-state index is 0.129. The highest BCUT2D eigenvalue weighted by Crippen LogP contribution is 2.33. The van der Waals surface area contributed by atoms with Crippen molar-refractivity contribution in [3.05, 3.63) is 0 Å². The molecule has 12 heavy (non-hydrogen) atoms. The molecule has 0 bridgehead atoms. The number of hydrogen-bond donors (Lipinski definition) is 1. The molecule has 0 saturated heterocycles. The third-order valence-electron chi connectivity index (χ3n) is 1.94. The maximum Gasteiger partial charge on any atom is 0.406 e. The Balaban J connectivity index is 4.38. The zero-order valence-electron chi connectivity index (χ0n) is 7.76. The summed E-state index contributed by atoms with van der Waals surface area (Å²) in [6.45, 7) is 4.98. The third-order valence-corrected chi connectivity index (χ3v) is 1.94. The lowest BCUT2D eigenvalue weighted by Crippen LogP contribution is -2.54. The highest BCUT2D eigenvalue weighted by molar-refractivity contribution is 4.89. The number of halogens is 3. The fraction of sp³-hybridized carbons (Fsp3) is 1.00. The molecule has 0 radical (unpaired) electrons. The van der Waals surface area contributed by atoms with Gasteiger partial charge in [0.15, 0.2) is 0 Å². The molecule has 0 rings (SSSR count). The monoisotopic (exact) mass is 183 g/mol. The molecule has 4 heteroatoms. The van der Waals surface area contributed by atoms with Crippen LogP contribution in [0.5, 0.6) is 0 Å². The molecule has 0 aliphatic heterocycles. The van der Waals surface area contributed by atoms with Crippen LogP contribution in [0.3, 0.4) is 0 Å². The van der Waals surface area contributed by atoms with Crippen LogP contribution in [0.15, 0.2) is 0 Å². The van der Waals surface area contributed by atoms with Gasteiger partial charge in [0.2, 0.25) is 0 Å². The average Bonchev–Trinajstić information content (AvgIpc) is 1.86. The van der Waals surface area contributed by atoms with Crippen molar-refractivity contribution in [2.24, 2.45) is 0 Å². The molecule has 0 saturated carbocycles. The van der Waals surface area contributed by atoms with E-state index >= 15 is 0 Å². The van der Waals surface area contributed by atoms with E-state index in [0.717, 1.165) is 0 Å². The van der Waals surface area contributed by atoms with Gasteiger partial charge < -0.3 is 5.32 Å². The van der Waals surface area contributed by atoms with Gasteiger partial charge in [0.1, 0.15) is 5.54 Å². The van der Waals surface area contributed by atoms with Crippen molar-refractivity contribution in [1.82, 2.24) is 5.32 Å². The topological polar surface area (TPSA) is 12.0 Å². The standard InChI is InChI=1S/C8H16F3N/c1-4-6-7(3,12-5-2)8(9,10)11/h12H,4-6H2,1-3H3. The van der Waals surface area contributed by atoms with Crippen molar-refractivity contribution in [3.8, 4) is 0 Å². The summed E-state index contributed by atoms with van der Waals surface area (Å²) in [7, 11) is 0. The normalized spacial score (nSPS) is 17.5. The summed E-state index contributed by atoms with van der Waals surface area (Å²) in [5, 5.41) is 2.47. The Labute approximate surface area is 71.3 Å². The summed E-state index contributed by atoms with van der Waals surface area (Å²) in [6.07, 6.45) is -3.49. The summed E-state index contributed by atoms with van der Waals surface area (Å²) in [4.78, 5) is 0. The second kappa shape index (κ2) is 4.12. The fourth-order valence-corrected chi connectivity index (χ4v) is 1.22. The van der Waals surface area contributed by atoms with Gasteiger partial charge >= 0.3 is 6.18 Å². The van der Waals surface area contributed by atoms with E-state index in [0.29, 0.717) is 13.0 Å². The molecule has 0 aromatic carbocycles. The van der Waals surface area contributed by atoms with E-state index in [4.69, 9.17) is 0 Å². The van der Waals surface area contributed by atoms with Crippen LogP contribution in [-0.4, -0.2) is 18.3 Å². The van der Waals surface area contributed by atoms with Crippen molar-refractivity contribution >= 4 is 0 Å². The van der Waals surface area contributed by atoms with Crippen molar-refractivity contribution in [2.45, 2.75) is 45.3 Å². The lowest BCUT2D eigenvalue weighted by molar-refractivity contribution is -0.193. The zero-order valence-corrected chi connectivity index (χ0v) is 7.76. The van der Waals surface area contributed by atoms with E-state index in [-0.39, 0.29) is 6.42 Å². The molecule has 1 unspecified atom stereocenters. The fourth-order valence-electron chi connectivity index (χ4n) is 1.22. The zero-order chi connectivity index (χ0) is 9.83. The molecule has 0 aromatic heterocycles. The predicted molar refractivity (Wildman–Crippen MR) is 43.0 cm³/mol. The van der Waals surface area contributed by atoms with Crippen LogP contribution in [0.4, 0.5) is 13.2 Å². The van der Waals surface area contributed by atoms with Gasteiger partial charge in [0.25, 0.3) is 0 Å². The number of hydrogen-bond acceptors (Lipinski definition) is 1. The summed E-state index contributed by atoms with van der Waals surface area (Å²) < 4.78 is 37.2. The molecule has 0 aliphatic carbocycles. The average molecular weight is 183 g/mol. The Morgan fingerprint density at radius 2 is 1.67 bits per heavy atom. The Kier molecular flexibility index (Phi) is 4.03. The van der Waals surface area contributed by atoms with Crippen molar-refractivity contribution in [1.29, 1.82) is 0 Å². The molecule has 0 aromatic rings. The molecule has 0 aliphatic rings. The molecule has 0 spiro atoms. The molecule has 0 heterocycles. The second-order valence-electron chi connectivity index (χ2n) is 3.11. The van der Waals surface area contributed by atoms with Crippen LogP contribution < -0.4 is 5.32 Å². The molecule has 1 nitrogen and oxygen atoms in total. The first-order chi connectivity index (χ1) is 5.37. The van der Waals surface area contributed by atoms with Gasteiger partial charge in [-0.15, -0.1) is 0 Å². The second-order valence-corrected chi connectivity index (χ2v) is 3.11. The van der Waals surface area contributed by atoms with Crippen LogP contribution >= 0.6 is 0 Å². The Hall–Kier alpha value is -0.250. The highest BCUT2D eigenvalue weighted by atomic mass is 19.4. The maximum atomic E-state index is 12.4. The van der Waals surface area contributed by atoms with Crippen LogP contribution in [0, 0.1) is 0 Å². The molecule has 1 atom stereocenters. The van der Waals surface area contributed by atoms with Crippen LogP contribution in [0.1, 0.15) is 33.6 Å². The van der Waals surface area contributed by atoms with Gasteiger partial charge in [0.05, 0.1) is 0 Å². The predicted octanol–water partition coefficient (Wildman–Crippen LogP) is 2.72. The van der Waals surface area contributed by atoms with Gasteiger partial charge in [-0.25, -0.2) is 0 Å². The summed E-state index contributed by atoms with van der Waals surface area (Å²) >= 11 is 0. The molecular weight excluding hydrogens is 167 g/mol. The van der Waals surface area contributed by atoms with Gasteiger partial charge in [0, 0.05) is 0 Å². The van der Waals surface area contributed by atoms with Gasteiger partial charge in [-0.1, -0.05) is 20.3 Å². The first kappa shape index (κ1) is 11.8. The minimum Gasteiger partial charge on any atom is -0.304 e. The quantitative estimate of drug-likeness (QED) is 0.706. The van der Waals surface area contributed by atoms with Crippen molar-refractivity contribution in [3.63, 3.8) is 0 Å². The van der Waals surface area contributed by atoms with Crippen molar-refractivity contribution in [2.75, 3.05) is 6.54 Å². The lowest BCUT2D eigenvalue weighted by atomic mass is 9.95. The summed E-state index contributed by atoms with van der Waals surface area (Å²) in [5.41, 5.74) is -1.71. The van der Waals surface area contributed by atoms with E-state index in [1.54, 1.807) is 13.8 Å². The Morgan fingerprint density at radius 1 is 1.17 bits per heavy atom. The summed E-state index contributed by atoms with van der Waals surface area (Å²) in [6, 6.07) is 0.